The number of hydrogen-bond donors (Lipinski definition) is 1. The number of halogens is 1. The third kappa shape index (κ3) is 3.73. The Balaban J connectivity index is 2.35. The van der Waals surface area contributed by atoms with Crippen molar-refractivity contribution >= 4 is 22.6 Å². The first-order chi connectivity index (χ1) is 9.29. The summed E-state index contributed by atoms with van der Waals surface area (Å²) in [5.41, 5.74) is 1.41. The standard InChI is InChI=1S/C17H19IO2/c1-16(2,3)20-15-11-7-10-14(12-15)17(18,19)13-8-5-4-6-9-13/h4-12,19H,1-3H3. The molecule has 0 saturated carbocycles. The van der Waals surface area contributed by atoms with Gasteiger partial charge >= 0.3 is 0 Å². The summed E-state index contributed by atoms with van der Waals surface area (Å²) in [7, 11) is 0. The third-order valence-electron chi connectivity index (χ3n) is 2.80. The Morgan fingerprint density at radius 1 is 0.900 bits per heavy atom. The second-order valence-corrected chi connectivity index (χ2v) is 7.29. The maximum absolute atomic E-state index is 10.8. The topological polar surface area (TPSA) is 29.5 Å². The van der Waals surface area contributed by atoms with E-state index in [9.17, 15) is 5.11 Å². The van der Waals surface area contributed by atoms with Gasteiger partial charge in [-0.25, -0.2) is 0 Å². The second-order valence-electron chi connectivity index (χ2n) is 5.73. The molecule has 0 fully saturated rings. The molecule has 0 saturated heterocycles. The van der Waals surface area contributed by atoms with E-state index in [1.807, 2.05) is 75.4 Å². The van der Waals surface area contributed by atoms with Crippen LogP contribution < -0.4 is 4.74 Å². The molecule has 2 aromatic rings. The van der Waals surface area contributed by atoms with Crippen molar-refractivity contribution in [2.45, 2.75) is 30.0 Å². The molecule has 2 nitrogen and oxygen atoms in total. The molecule has 0 aromatic heterocycles. The van der Waals surface area contributed by atoms with E-state index >= 15 is 0 Å². The summed E-state index contributed by atoms with van der Waals surface area (Å²) in [6.07, 6.45) is 0. The number of benzene rings is 2. The summed E-state index contributed by atoms with van der Waals surface area (Å²) in [5, 5.41) is 10.8. The van der Waals surface area contributed by atoms with E-state index in [1.165, 1.54) is 0 Å². The fraction of sp³-hybridized carbons (Fsp3) is 0.294. The van der Waals surface area contributed by atoms with Crippen LogP contribution in [0.25, 0.3) is 0 Å². The fourth-order valence-corrected chi connectivity index (χ4v) is 2.64. The molecule has 0 bridgehead atoms. The zero-order valence-corrected chi connectivity index (χ0v) is 14.1. The molecule has 2 aromatic carbocycles. The van der Waals surface area contributed by atoms with Gasteiger partial charge in [0.2, 0.25) is 0 Å². The lowest BCUT2D eigenvalue weighted by atomic mass is 10.0. The van der Waals surface area contributed by atoms with Gasteiger partial charge in [-0.05, 0) is 61.1 Å². The van der Waals surface area contributed by atoms with Gasteiger partial charge in [0.15, 0.2) is 3.61 Å². The van der Waals surface area contributed by atoms with E-state index in [0.717, 1.165) is 16.9 Å². The minimum atomic E-state index is -1.06. The zero-order valence-electron chi connectivity index (χ0n) is 11.9. The van der Waals surface area contributed by atoms with Crippen molar-refractivity contribution in [3.8, 4) is 5.75 Å². The van der Waals surface area contributed by atoms with Gasteiger partial charge in [0, 0.05) is 5.56 Å². The van der Waals surface area contributed by atoms with Crippen LogP contribution in [0.5, 0.6) is 5.75 Å². The quantitative estimate of drug-likeness (QED) is 0.626. The maximum atomic E-state index is 10.8. The maximum Gasteiger partial charge on any atom is 0.166 e. The lowest BCUT2D eigenvalue weighted by Gasteiger charge is -2.25. The Bertz CT molecular complexity index is 571. The molecular weight excluding hydrogens is 363 g/mol. The molecule has 0 spiro atoms. The van der Waals surface area contributed by atoms with Crippen LogP contribution in [0.1, 0.15) is 31.9 Å². The van der Waals surface area contributed by atoms with E-state index < -0.39 is 3.61 Å². The summed E-state index contributed by atoms with van der Waals surface area (Å²) in [5.74, 6) is 0.765. The fourth-order valence-electron chi connectivity index (χ4n) is 1.94. The van der Waals surface area contributed by atoms with Gasteiger partial charge in [-0.15, -0.1) is 0 Å². The van der Waals surface area contributed by atoms with E-state index in [4.69, 9.17) is 4.74 Å². The SMILES string of the molecule is CC(C)(C)Oc1cccc(C(O)(I)c2ccccc2)c1. The van der Waals surface area contributed by atoms with Gasteiger partial charge in [-0.2, -0.15) is 0 Å². The van der Waals surface area contributed by atoms with Crippen molar-refractivity contribution in [3.63, 3.8) is 0 Å². The van der Waals surface area contributed by atoms with Crippen molar-refractivity contribution < 1.29 is 9.84 Å². The molecule has 0 amide bonds. The number of hydrogen-bond acceptors (Lipinski definition) is 2. The van der Waals surface area contributed by atoms with Crippen molar-refractivity contribution in [1.82, 2.24) is 0 Å². The smallest absolute Gasteiger partial charge is 0.166 e. The van der Waals surface area contributed by atoms with Crippen molar-refractivity contribution in [3.05, 3.63) is 65.7 Å². The Morgan fingerprint density at radius 3 is 2.10 bits per heavy atom. The van der Waals surface area contributed by atoms with Gasteiger partial charge < -0.3 is 9.84 Å². The lowest BCUT2D eigenvalue weighted by molar-refractivity contribution is 0.130. The number of rotatable bonds is 3. The largest absolute Gasteiger partial charge is 0.488 e. The number of ether oxygens (including phenoxy) is 1. The molecule has 1 atom stereocenters. The summed E-state index contributed by atoms with van der Waals surface area (Å²) < 4.78 is 4.80. The summed E-state index contributed by atoms with van der Waals surface area (Å²) in [4.78, 5) is 0. The molecule has 0 radical (unpaired) electrons. The minimum absolute atomic E-state index is 0.255. The molecule has 1 unspecified atom stereocenters. The predicted molar refractivity (Wildman–Crippen MR) is 90.3 cm³/mol. The Hall–Kier alpha value is -1.07. The van der Waals surface area contributed by atoms with E-state index in [1.54, 1.807) is 0 Å². The predicted octanol–water partition coefficient (Wildman–Crippen LogP) is 4.49. The highest BCUT2D eigenvalue weighted by atomic mass is 127. The first-order valence-corrected chi connectivity index (χ1v) is 7.63. The average molecular weight is 382 g/mol. The molecule has 0 aliphatic carbocycles. The van der Waals surface area contributed by atoms with Gasteiger partial charge in [0.25, 0.3) is 0 Å². The molecule has 0 heterocycles. The summed E-state index contributed by atoms with van der Waals surface area (Å²) >= 11 is 2.06. The third-order valence-corrected chi connectivity index (χ3v) is 4.04. The molecule has 20 heavy (non-hydrogen) atoms. The second kappa shape index (κ2) is 5.74. The van der Waals surface area contributed by atoms with Crippen molar-refractivity contribution in [2.24, 2.45) is 0 Å². The Kier molecular flexibility index (Phi) is 4.39. The van der Waals surface area contributed by atoms with Crippen LogP contribution in [-0.4, -0.2) is 10.7 Å². The molecule has 0 aliphatic rings. The van der Waals surface area contributed by atoms with Crippen molar-refractivity contribution in [2.75, 3.05) is 0 Å². The highest BCUT2D eigenvalue weighted by Crippen LogP contribution is 2.37. The number of alkyl halides is 1. The van der Waals surface area contributed by atoms with Gasteiger partial charge in [-0.1, -0.05) is 42.5 Å². The van der Waals surface area contributed by atoms with E-state index in [-0.39, 0.29) is 5.60 Å². The van der Waals surface area contributed by atoms with Gasteiger partial charge in [-0.3, -0.25) is 0 Å². The Morgan fingerprint density at radius 2 is 1.50 bits per heavy atom. The van der Waals surface area contributed by atoms with Crippen LogP contribution in [0.3, 0.4) is 0 Å². The summed E-state index contributed by atoms with van der Waals surface area (Å²) in [6.45, 7) is 6.02. The van der Waals surface area contributed by atoms with Gasteiger partial charge in [0.1, 0.15) is 11.4 Å². The lowest BCUT2D eigenvalue weighted by Crippen LogP contribution is -2.24. The Labute approximate surface area is 133 Å². The highest BCUT2D eigenvalue weighted by Gasteiger charge is 2.28. The molecule has 1 N–H and O–H groups in total. The van der Waals surface area contributed by atoms with Gasteiger partial charge in [0.05, 0.1) is 0 Å². The van der Waals surface area contributed by atoms with Crippen LogP contribution in [0, 0.1) is 0 Å². The average Bonchev–Trinajstić information content (AvgIpc) is 2.38. The molecular formula is C17H19IO2. The van der Waals surface area contributed by atoms with Crippen LogP contribution in [0.15, 0.2) is 54.6 Å². The monoisotopic (exact) mass is 382 g/mol. The van der Waals surface area contributed by atoms with Crippen LogP contribution in [-0.2, 0) is 3.61 Å². The summed E-state index contributed by atoms with van der Waals surface area (Å²) in [6, 6.07) is 17.3. The van der Waals surface area contributed by atoms with Crippen LogP contribution >= 0.6 is 22.6 Å². The van der Waals surface area contributed by atoms with Crippen LogP contribution in [0.2, 0.25) is 0 Å². The first-order valence-electron chi connectivity index (χ1n) is 6.55. The molecule has 106 valence electrons. The van der Waals surface area contributed by atoms with E-state index in [0.29, 0.717) is 0 Å². The normalized spacial score (nSPS) is 14.7. The molecule has 0 aliphatic heterocycles. The molecule has 3 heteroatoms. The van der Waals surface area contributed by atoms with E-state index in [2.05, 4.69) is 22.6 Å². The molecule has 2 rings (SSSR count). The highest BCUT2D eigenvalue weighted by molar-refractivity contribution is 14.1. The zero-order chi connectivity index (χ0) is 14.8. The number of aliphatic hydroxyl groups is 1. The van der Waals surface area contributed by atoms with Crippen LogP contribution in [0.4, 0.5) is 0 Å². The van der Waals surface area contributed by atoms with Crippen molar-refractivity contribution in [1.29, 1.82) is 0 Å². The minimum Gasteiger partial charge on any atom is -0.488 e. The first kappa shape index (κ1) is 15.3.